The first kappa shape index (κ1) is 14.3. The van der Waals surface area contributed by atoms with E-state index in [1.54, 1.807) is 11.6 Å². The number of aromatic hydroxyl groups is 1. The molecule has 0 fully saturated rings. The van der Waals surface area contributed by atoms with Gasteiger partial charge in [0.1, 0.15) is 17.7 Å². The van der Waals surface area contributed by atoms with Crippen LogP contribution in [0.2, 0.25) is 0 Å². The molecule has 1 aliphatic rings. The fourth-order valence-electron chi connectivity index (χ4n) is 2.77. The van der Waals surface area contributed by atoms with Gasteiger partial charge in [-0.3, -0.25) is 0 Å². The molecule has 1 N–H and O–H groups in total. The summed E-state index contributed by atoms with van der Waals surface area (Å²) in [5.41, 5.74) is 2.12. The fraction of sp³-hybridized carbons (Fsp3) is 0.222. The Morgan fingerprint density at radius 2 is 1.95 bits per heavy atom. The van der Waals surface area contributed by atoms with E-state index < -0.39 is 5.41 Å². The van der Waals surface area contributed by atoms with Crippen molar-refractivity contribution >= 4 is 6.29 Å². The minimum Gasteiger partial charge on any atom is -0.504 e. The number of aldehydes is 1. The van der Waals surface area contributed by atoms with Gasteiger partial charge in [-0.25, -0.2) is 4.68 Å². The number of hydrogen-bond acceptors (Lipinski definition) is 3. The number of aromatic nitrogens is 2. The molecule has 1 aromatic heterocycles. The second-order valence-electron chi connectivity index (χ2n) is 5.68. The van der Waals surface area contributed by atoms with Gasteiger partial charge in [0.25, 0.3) is 0 Å². The Hall–Kier alpha value is -2.62. The highest BCUT2D eigenvalue weighted by Gasteiger charge is 2.37. The zero-order valence-electron chi connectivity index (χ0n) is 12.7. The van der Waals surface area contributed by atoms with Gasteiger partial charge in [0.05, 0.1) is 11.1 Å². The zero-order chi connectivity index (χ0) is 15.7. The van der Waals surface area contributed by atoms with E-state index >= 15 is 0 Å². The number of nitrogens with zero attached hydrogens (tertiary/aromatic N) is 2. The van der Waals surface area contributed by atoms with Crippen molar-refractivity contribution in [3.8, 4) is 11.4 Å². The molecule has 1 aromatic carbocycles. The lowest BCUT2D eigenvalue weighted by Gasteiger charge is -2.26. The normalized spacial score (nSPS) is 20.3. The van der Waals surface area contributed by atoms with E-state index in [0.717, 1.165) is 17.5 Å². The van der Waals surface area contributed by atoms with Gasteiger partial charge in [0.15, 0.2) is 5.75 Å². The average Bonchev–Trinajstić information content (AvgIpc) is 2.85. The number of aryl methyl sites for hydroxylation is 2. The maximum absolute atomic E-state index is 11.8. The molecule has 4 heteroatoms. The summed E-state index contributed by atoms with van der Waals surface area (Å²) in [6.45, 7) is 3.75. The maximum atomic E-state index is 11.8. The number of benzene rings is 1. The van der Waals surface area contributed by atoms with Gasteiger partial charge in [-0.15, -0.1) is 0 Å². The zero-order valence-corrected chi connectivity index (χ0v) is 12.7. The summed E-state index contributed by atoms with van der Waals surface area (Å²) in [6.07, 6.45) is 8.87. The molecule has 0 spiro atoms. The molecule has 2 aromatic rings. The Balaban J connectivity index is 2.23. The number of allylic oxidation sites excluding steroid dienone is 4. The first-order valence-electron chi connectivity index (χ1n) is 7.24. The van der Waals surface area contributed by atoms with Gasteiger partial charge in [-0.2, -0.15) is 5.10 Å². The van der Waals surface area contributed by atoms with Gasteiger partial charge in [-0.1, -0.05) is 42.0 Å². The Kier molecular flexibility index (Phi) is 3.45. The smallest absolute Gasteiger partial charge is 0.161 e. The van der Waals surface area contributed by atoms with E-state index in [1.165, 1.54) is 0 Å². The molecular weight excluding hydrogens is 276 g/mol. The molecule has 22 heavy (non-hydrogen) atoms. The Morgan fingerprint density at radius 1 is 1.23 bits per heavy atom. The summed E-state index contributed by atoms with van der Waals surface area (Å²) in [5, 5.41) is 14.9. The molecule has 4 nitrogen and oxygen atoms in total. The summed E-state index contributed by atoms with van der Waals surface area (Å²) in [7, 11) is 0. The molecule has 112 valence electrons. The van der Waals surface area contributed by atoms with Crippen LogP contribution in [0.1, 0.15) is 23.4 Å². The van der Waals surface area contributed by atoms with Crippen LogP contribution in [0.25, 0.3) is 5.69 Å². The van der Waals surface area contributed by atoms with Crippen molar-refractivity contribution in [2.24, 2.45) is 0 Å². The van der Waals surface area contributed by atoms with Crippen LogP contribution >= 0.6 is 0 Å². The van der Waals surface area contributed by atoms with E-state index in [2.05, 4.69) is 5.10 Å². The van der Waals surface area contributed by atoms with Crippen LogP contribution in [0.5, 0.6) is 5.75 Å². The lowest BCUT2D eigenvalue weighted by atomic mass is 9.79. The lowest BCUT2D eigenvalue weighted by molar-refractivity contribution is -0.111. The van der Waals surface area contributed by atoms with Crippen LogP contribution in [-0.4, -0.2) is 21.2 Å². The molecule has 0 aliphatic heterocycles. The Morgan fingerprint density at radius 3 is 2.55 bits per heavy atom. The molecule has 1 aliphatic carbocycles. The Bertz CT molecular complexity index is 769. The SMILES string of the molecule is Cc1ccc(-n2nc(C)c(O)c2C2(C=O)C=CC=CC2)cc1. The van der Waals surface area contributed by atoms with Gasteiger partial charge in [-0.05, 0) is 32.4 Å². The number of rotatable bonds is 3. The number of carbonyl (C=O) groups excluding carboxylic acids is 1. The van der Waals surface area contributed by atoms with Crippen LogP contribution in [0, 0.1) is 13.8 Å². The fourth-order valence-corrected chi connectivity index (χ4v) is 2.77. The van der Waals surface area contributed by atoms with Gasteiger partial charge >= 0.3 is 0 Å². The quantitative estimate of drug-likeness (QED) is 0.885. The predicted octanol–water partition coefficient (Wildman–Crippen LogP) is 3.15. The van der Waals surface area contributed by atoms with Crippen LogP contribution in [-0.2, 0) is 10.2 Å². The number of hydrogen-bond donors (Lipinski definition) is 1. The molecular formula is C18H18N2O2. The summed E-state index contributed by atoms with van der Waals surface area (Å²) in [5.74, 6) is 0.0765. The summed E-state index contributed by atoms with van der Waals surface area (Å²) in [6, 6.07) is 7.84. The van der Waals surface area contributed by atoms with Crippen LogP contribution < -0.4 is 0 Å². The monoisotopic (exact) mass is 294 g/mol. The minimum absolute atomic E-state index is 0.0765. The first-order chi connectivity index (χ1) is 10.6. The van der Waals surface area contributed by atoms with Crippen LogP contribution in [0.4, 0.5) is 0 Å². The molecule has 1 unspecified atom stereocenters. The van der Waals surface area contributed by atoms with E-state index in [4.69, 9.17) is 0 Å². The maximum Gasteiger partial charge on any atom is 0.161 e. The largest absolute Gasteiger partial charge is 0.504 e. The van der Waals surface area contributed by atoms with Crippen molar-refractivity contribution in [2.75, 3.05) is 0 Å². The third-order valence-electron chi connectivity index (χ3n) is 4.05. The summed E-state index contributed by atoms with van der Waals surface area (Å²) < 4.78 is 1.67. The van der Waals surface area contributed by atoms with E-state index in [1.807, 2.05) is 55.5 Å². The number of carbonyl (C=O) groups is 1. The van der Waals surface area contributed by atoms with Crippen LogP contribution in [0.15, 0.2) is 48.6 Å². The van der Waals surface area contributed by atoms with Crippen molar-refractivity contribution in [3.63, 3.8) is 0 Å². The van der Waals surface area contributed by atoms with Crippen molar-refractivity contribution in [1.82, 2.24) is 9.78 Å². The molecule has 3 rings (SSSR count). The molecule has 1 heterocycles. The summed E-state index contributed by atoms with van der Waals surface area (Å²) in [4.78, 5) is 11.8. The standard InChI is InChI=1S/C18H18N2O2/c1-13-6-8-15(9-7-13)20-17(16(22)14(2)19-20)18(12-21)10-4-3-5-11-18/h3-10,12,22H,11H2,1-2H3. The summed E-state index contributed by atoms with van der Waals surface area (Å²) >= 11 is 0. The van der Waals surface area contributed by atoms with Crippen molar-refractivity contribution in [3.05, 3.63) is 65.5 Å². The van der Waals surface area contributed by atoms with Gasteiger partial charge in [0.2, 0.25) is 0 Å². The second-order valence-corrected chi connectivity index (χ2v) is 5.68. The van der Waals surface area contributed by atoms with E-state index in [-0.39, 0.29) is 5.75 Å². The van der Waals surface area contributed by atoms with Crippen molar-refractivity contribution in [1.29, 1.82) is 0 Å². The molecule has 0 bridgehead atoms. The van der Waals surface area contributed by atoms with Gasteiger partial charge < -0.3 is 9.90 Å². The minimum atomic E-state index is -0.884. The highest BCUT2D eigenvalue weighted by molar-refractivity contribution is 5.75. The third kappa shape index (κ3) is 2.17. The second kappa shape index (κ2) is 5.30. The van der Waals surface area contributed by atoms with E-state index in [0.29, 0.717) is 17.8 Å². The molecule has 0 amide bonds. The molecule has 0 saturated carbocycles. The van der Waals surface area contributed by atoms with Crippen molar-refractivity contribution in [2.45, 2.75) is 25.7 Å². The predicted molar refractivity (Wildman–Crippen MR) is 85.3 cm³/mol. The lowest BCUT2D eigenvalue weighted by Crippen LogP contribution is -2.29. The average molecular weight is 294 g/mol. The highest BCUT2D eigenvalue weighted by Crippen LogP contribution is 2.39. The van der Waals surface area contributed by atoms with Crippen LogP contribution in [0.3, 0.4) is 0 Å². The van der Waals surface area contributed by atoms with Gasteiger partial charge in [0, 0.05) is 0 Å². The Labute approximate surface area is 129 Å². The molecule has 0 radical (unpaired) electrons. The third-order valence-corrected chi connectivity index (χ3v) is 4.05. The van der Waals surface area contributed by atoms with E-state index in [9.17, 15) is 9.90 Å². The van der Waals surface area contributed by atoms with Crippen molar-refractivity contribution < 1.29 is 9.90 Å². The first-order valence-corrected chi connectivity index (χ1v) is 7.24. The molecule has 1 atom stereocenters. The molecule has 0 saturated heterocycles. The highest BCUT2D eigenvalue weighted by atomic mass is 16.3. The topological polar surface area (TPSA) is 55.1 Å².